The lowest BCUT2D eigenvalue weighted by Gasteiger charge is -2.07. The lowest BCUT2D eigenvalue weighted by molar-refractivity contribution is 0.582. The second-order valence-corrected chi connectivity index (χ2v) is 4.26. The summed E-state index contributed by atoms with van der Waals surface area (Å²) in [6.07, 6.45) is 5.82. The summed E-state index contributed by atoms with van der Waals surface area (Å²) in [5.41, 5.74) is 7.46. The summed E-state index contributed by atoms with van der Waals surface area (Å²) in [5.74, 6) is -1.07. The van der Waals surface area contributed by atoms with Gasteiger partial charge < -0.3 is 5.73 Å². The largest absolute Gasteiger partial charge is 0.324 e. The van der Waals surface area contributed by atoms with Gasteiger partial charge in [0.2, 0.25) is 0 Å². The molecule has 1 aromatic rings. The van der Waals surface area contributed by atoms with Crippen LogP contribution in [0.1, 0.15) is 31.2 Å². The number of nitrogens with two attached hydrogens (primary N) is 1. The maximum absolute atomic E-state index is 13.1. The first kappa shape index (κ1) is 11.3. The van der Waals surface area contributed by atoms with Crippen LogP contribution < -0.4 is 5.73 Å². The summed E-state index contributed by atoms with van der Waals surface area (Å²) in [6, 6.07) is 3.63. The Morgan fingerprint density at radius 1 is 1.06 bits per heavy atom. The van der Waals surface area contributed by atoms with Crippen LogP contribution in [0.15, 0.2) is 24.3 Å². The molecule has 0 amide bonds. The Kier molecular flexibility index (Phi) is 3.34. The van der Waals surface area contributed by atoms with Crippen LogP contribution in [-0.2, 0) is 0 Å². The second kappa shape index (κ2) is 4.74. The van der Waals surface area contributed by atoms with E-state index in [2.05, 4.69) is 0 Å². The monoisotopic (exact) mass is 223 g/mol. The van der Waals surface area contributed by atoms with E-state index in [1.807, 2.05) is 6.08 Å². The number of rotatable bonds is 1. The van der Waals surface area contributed by atoms with E-state index < -0.39 is 11.6 Å². The van der Waals surface area contributed by atoms with Crippen LogP contribution in [0.25, 0.3) is 5.57 Å². The predicted molar refractivity (Wildman–Crippen MR) is 60.8 cm³/mol. The molecule has 1 aliphatic rings. The molecule has 1 aromatic carbocycles. The minimum absolute atomic E-state index is 0.00354. The molecule has 0 saturated heterocycles. The molecule has 0 heterocycles. The van der Waals surface area contributed by atoms with Crippen molar-refractivity contribution in [1.29, 1.82) is 0 Å². The maximum Gasteiger partial charge on any atom is 0.126 e. The number of allylic oxidation sites excluding steroid dienone is 1. The third kappa shape index (κ3) is 2.67. The van der Waals surface area contributed by atoms with Crippen LogP contribution >= 0.6 is 0 Å². The zero-order chi connectivity index (χ0) is 11.5. The molecule has 0 saturated carbocycles. The van der Waals surface area contributed by atoms with E-state index in [-0.39, 0.29) is 6.04 Å². The molecular formula is C13H15F2N. The van der Waals surface area contributed by atoms with E-state index in [9.17, 15) is 8.78 Å². The molecule has 2 rings (SSSR count). The van der Waals surface area contributed by atoms with Crippen LogP contribution in [0.2, 0.25) is 0 Å². The van der Waals surface area contributed by atoms with E-state index in [0.717, 1.165) is 37.3 Å². The van der Waals surface area contributed by atoms with Crippen molar-refractivity contribution in [1.82, 2.24) is 0 Å². The van der Waals surface area contributed by atoms with E-state index in [0.29, 0.717) is 5.56 Å². The fourth-order valence-electron chi connectivity index (χ4n) is 2.10. The maximum atomic E-state index is 13.1. The van der Waals surface area contributed by atoms with E-state index >= 15 is 0 Å². The molecule has 16 heavy (non-hydrogen) atoms. The Hall–Kier alpha value is -1.22. The molecule has 1 aliphatic carbocycles. The highest BCUT2D eigenvalue weighted by Crippen LogP contribution is 2.26. The Bertz CT molecular complexity index is 392. The topological polar surface area (TPSA) is 26.0 Å². The quantitative estimate of drug-likeness (QED) is 0.777. The molecule has 1 unspecified atom stereocenters. The number of halogens is 2. The SMILES string of the molecule is NC1C=C(c2cc(F)cc(F)c2)CCCC1. The van der Waals surface area contributed by atoms with Crippen molar-refractivity contribution in [2.24, 2.45) is 5.73 Å². The molecule has 0 bridgehead atoms. The molecule has 0 aliphatic heterocycles. The van der Waals surface area contributed by atoms with Gasteiger partial charge in [0.05, 0.1) is 0 Å². The van der Waals surface area contributed by atoms with Crippen molar-refractivity contribution in [3.05, 3.63) is 41.5 Å². The molecule has 86 valence electrons. The van der Waals surface area contributed by atoms with Gasteiger partial charge in [0.1, 0.15) is 11.6 Å². The van der Waals surface area contributed by atoms with E-state index in [1.165, 1.54) is 12.1 Å². The van der Waals surface area contributed by atoms with E-state index in [1.54, 1.807) is 0 Å². The molecule has 0 aromatic heterocycles. The minimum Gasteiger partial charge on any atom is -0.324 e. The smallest absolute Gasteiger partial charge is 0.126 e. The average Bonchev–Trinajstić information content (AvgIpc) is 2.41. The lowest BCUT2D eigenvalue weighted by Crippen LogP contribution is -2.15. The Morgan fingerprint density at radius 3 is 2.44 bits per heavy atom. The molecular weight excluding hydrogens is 208 g/mol. The standard InChI is InChI=1S/C13H15F2N/c14-11-5-10(6-12(15)8-11)9-3-1-2-4-13(16)7-9/h5-8,13H,1-4,16H2. The number of hydrogen-bond donors (Lipinski definition) is 1. The van der Waals surface area contributed by atoms with Gasteiger partial charge >= 0.3 is 0 Å². The zero-order valence-electron chi connectivity index (χ0n) is 9.05. The molecule has 0 spiro atoms. The fraction of sp³-hybridized carbons (Fsp3) is 0.385. The van der Waals surface area contributed by atoms with Crippen molar-refractivity contribution >= 4 is 5.57 Å². The number of benzene rings is 1. The van der Waals surface area contributed by atoms with Crippen LogP contribution in [0.3, 0.4) is 0 Å². The highest BCUT2D eigenvalue weighted by Gasteiger charge is 2.11. The Labute approximate surface area is 94.0 Å². The molecule has 1 nitrogen and oxygen atoms in total. The second-order valence-electron chi connectivity index (χ2n) is 4.26. The summed E-state index contributed by atoms with van der Waals surface area (Å²) in [7, 11) is 0. The van der Waals surface area contributed by atoms with Gasteiger partial charge in [-0.05, 0) is 42.5 Å². The Morgan fingerprint density at radius 2 is 1.75 bits per heavy atom. The summed E-state index contributed by atoms with van der Waals surface area (Å²) in [5, 5.41) is 0. The lowest BCUT2D eigenvalue weighted by atomic mass is 10.0. The summed E-state index contributed by atoms with van der Waals surface area (Å²) >= 11 is 0. The van der Waals surface area contributed by atoms with Gasteiger partial charge in [-0.3, -0.25) is 0 Å². The van der Waals surface area contributed by atoms with Gasteiger partial charge in [-0.15, -0.1) is 0 Å². The third-order valence-corrected chi connectivity index (χ3v) is 2.88. The van der Waals surface area contributed by atoms with Crippen LogP contribution in [0, 0.1) is 11.6 Å². The molecule has 2 N–H and O–H groups in total. The van der Waals surface area contributed by atoms with Gasteiger partial charge in [0, 0.05) is 12.1 Å². The van der Waals surface area contributed by atoms with E-state index in [4.69, 9.17) is 5.73 Å². The van der Waals surface area contributed by atoms with Crippen molar-refractivity contribution < 1.29 is 8.78 Å². The van der Waals surface area contributed by atoms with Gasteiger partial charge in [-0.2, -0.15) is 0 Å². The molecule has 0 fully saturated rings. The highest BCUT2D eigenvalue weighted by molar-refractivity contribution is 5.66. The third-order valence-electron chi connectivity index (χ3n) is 2.88. The minimum atomic E-state index is -0.534. The van der Waals surface area contributed by atoms with Crippen LogP contribution in [0.4, 0.5) is 8.78 Å². The first-order chi connectivity index (χ1) is 7.65. The van der Waals surface area contributed by atoms with Crippen molar-refractivity contribution in [2.75, 3.05) is 0 Å². The first-order valence-corrected chi connectivity index (χ1v) is 5.58. The van der Waals surface area contributed by atoms with Crippen LogP contribution in [0.5, 0.6) is 0 Å². The average molecular weight is 223 g/mol. The molecule has 0 radical (unpaired) electrons. The van der Waals surface area contributed by atoms with Gasteiger partial charge in [0.25, 0.3) is 0 Å². The van der Waals surface area contributed by atoms with Gasteiger partial charge in [-0.25, -0.2) is 8.78 Å². The highest BCUT2D eigenvalue weighted by atomic mass is 19.1. The van der Waals surface area contributed by atoms with Gasteiger partial charge in [-0.1, -0.05) is 12.5 Å². The Balaban J connectivity index is 2.34. The zero-order valence-corrected chi connectivity index (χ0v) is 9.05. The van der Waals surface area contributed by atoms with Gasteiger partial charge in [0.15, 0.2) is 0 Å². The molecule has 1 atom stereocenters. The molecule has 3 heteroatoms. The van der Waals surface area contributed by atoms with Crippen molar-refractivity contribution in [3.8, 4) is 0 Å². The number of hydrogen-bond acceptors (Lipinski definition) is 1. The summed E-state index contributed by atoms with van der Waals surface area (Å²) < 4.78 is 26.2. The van der Waals surface area contributed by atoms with Crippen molar-refractivity contribution in [3.63, 3.8) is 0 Å². The normalized spacial score (nSPS) is 21.4. The van der Waals surface area contributed by atoms with Crippen molar-refractivity contribution in [2.45, 2.75) is 31.7 Å². The fourth-order valence-corrected chi connectivity index (χ4v) is 2.10. The summed E-state index contributed by atoms with van der Waals surface area (Å²) in [6.45, 7) is 0. The first-order valence-electron chi connectivity index (χ1n) is 5.58. The summed E-state index contributed by atoms with van der Waals surface area (Å²) in [4.78, 5) is 0. The van der Waals surface area contributed by atoms with Crippen LogP contribution in [-0.4, -0.2) is 6.04 Å². The predicted octanol–water partition coefficient (Wildman–Crippen LogP) is 3.25.